The Balaban J connectivity index is 1.38. The molecule has 0 amide bonds. The van der Waals surface area contributed by atoms with Crippen LogP contribution in [0.4, 0.5) is 10.1 Å². The van der Waals surface area contributed by atoms with Crippen LogP contribution in [0.2, 0.25) is 0 Å². The molecule has 1 aromatic carbocycles. The summed E-state index contributed by atoms with van der Waals surface area (Å²) < 4.78 is 34.7. The van der Waals surface area contributed by atoms with Crippen LogP contribution in [0.5, 0.6) is 0 Å². The van der Waals surface area contributed by atoms with E-state index in [1.807, 2.05) is 13.8 Å². The fourth-order valence-electron chi connectivity index (χ4n) is 4.62. The van der Waals surface area contributed by atoms with Gasteiger partial charge in [0, 0.05) is 11.8 Å². The molecule has 4 aromatic rings. The summed E-state index contributed by atoms with van der Waals surface area (Å²) in [6.45, 7) is 3.71. The number of anilines is 1. The van der Waals surface area contributed by atoms with Crippen molar-refractivity contribution in [3.05, 3.63) is 72.7 Å². The lowest BCUT2D eigenvalue weighted by Gasteiger charge is -2.24. The maximum absolute atomic E-state index is 14.1. The van der Waals surface area contributed by atoms with Crippen LogP contribution in [0.1, 0.15) is 25.6 Å². The fourth-order valence-corrected chi connectivity index (χ4v) is 4.62. The molecule has 3 aromatic heterocycles. The van der Waals surface area contributed by atoms with E-state index < -0.39 is 30.3 Å². The first-order chi connectivity index (χ1) is 16.9. The molecule has 2 aliphatic rings. The number of benzene rings is 1. The van der Waals surface area contributed by atoms with Crippen LogP contribution in [-0.4, -0.2) is 48.6 Å². The molecule has 35 heavy (non-hydrogen) atoms. The number of nitrogens with two attached hydrogens (primary N) is 1. The van der Waals surface area contributed by atoms with Crippen LogP contribution in [-0.2, 0) is 14.2 Å². The highest BCUT2D eigenvalue weighted by Gasteiger charge is 2.55. The van der Waals surface area contributed by atoms with Gasteiger partial charge in [-0.1, -0.05) is 30.4 Å². The van der Waals surface area contributed by atoms with Gasteiger partial charge in [0.05, 0.1) is 12.0 Å². The summed E-state index contributed by atoms with van der Waals surface area (Å²) in [7, 11) is 0. The zero-order valence-corrected chi connectivity index (χ0v) is 19.1. The molecule has 10 heteroatoms. The van der Waals surface area contributed by atoms with Gasteiger partial charge in [-0.2, -0.15) is 0 Å². The molecule has 178 valence electrons. The molecular weight excluding hydrogens is 451 g/mol. The van der Waals surface area contributed by atoms with E-state index in [1.54, 1.807) is 59.6 Å². The molecule has 2 saturated heterocycles. The predicted octanol–water partition coefficient (Wildman–Crippen LogP) is 3.74. The number of aromatic nitrogens is 5. The number of ether oxygens (including phenoxy) is 3. The second-order valence-electron chi connectivity index (χ2n) is 8.92. The average Bonchev–Trinajstić information content (AvgIpc) is 3.50. The van der Waals surface area contributed by atoms with E-state index in [-0.39, 0.29) is 5.82 Å². The summed E-state index contributed by atoms with van der Waals surface area (Å²) in [5.41, 5.74) is 9.24. The molecule has 6 rings (SSSR count). The number of hydrogen-bond donors (Lipinski definition) is 1. The molecule has 9 nitrogen and oxygen atoms in total. The lowest BCUT2D eigenvalue weighted by molar-refractivity contribution is -0.191. The number of imidazole rings is 1. The minimum Gasteiger partial charge on any atom is -0.397 e. The summed E-state index contributed by atoms with van der Waals surface area (Å²) in [5.74, 6) is -1.11. The maximum Gasteiger partial charge on any atom is 0.166 e. The molecule has 2 fully saturated rings. The topological polar surface area (TPSA) is 110 Å². The highest BCUT2D eigenvalue weighted by atomic mass is 19.1. The van der Waals surface area contributed by atoms with Crippen molar-refractivity contribution in [2.24, 2.45) is 0 Å². The maximum atomic E-state index is 14.1. The Hall–Kier alpha value is -3.73. The Morgan fingerprint density at radius 2 is 1.83 bits per heavy atom. The van der Waals surface area contributed by atoms with Crippen LogP contribution >= 0.6 is 0 Å². The number of nitrogens with zero attached hydrogens (tertiary/aromatic N) is 5. The predicted molar refractivity (Wildman–Crippen MR) is 126 cm³/mol. The highest BCUT2D eigenvalue weighted by Crippen LogP contribution is 2.44. The van der Waals surface area contributed by atoms with Crippen molar-refractivity contribution < 1.29 is 18.6 Å². The van der Waals surface area contributed by atoms with E-state index in [9.17, 15) is 4.39 Å². The van der Waals surface area contributed by atoms with E-state index in [0.717, 1.165) is 0 Å². The van der Waals surface area contributed by atoms with Gasteiger partial charge in [0.1, 0.15) is 47.4 Å². The summed E-state index contributed by atoms with van der Waals surface area (Å²) >= 11 is 0. The Labute approximate surface area is 200 Å². The Kier molecular flexibility index (Phi) is 5.10. The van der Waals surface area contributed by atoms with E-state index in [1.165, 1.54) is 12.4 Å². The Morgan fingerprint density at radius 1 is 1.00 bits per heavy atom. The summed E-state index contributed by atoms with van der Waals surface area (Å²) in [4.78, 5) is 17.8. The molecule has 0 bridgehead atoms. The van der Waals surface area contributed by atoms with Gasteiger partial charge in [-0.15, -0.1) is 0 Å². The van der Waals surface area contributed by atoms with Crippen LogP contribution < -0.4 is 5.73 Å². The third-order valence-corrected chi connectivity index (χ3v) is 6.13. The first kappa shape index (κ1) is 21.8. The normalized spacial score (nSPS) is 25.5. The molecule has 0 spiro atoms. The van der Waals surface area contributed by atoms with Crippen molar-refractivity contribution in [1.29, 1.82) is 0 Å². The van der Waals surface area contributed by atoms with Crippen molar-refractivity contribution in [2.45, 2.75) is 44.2 Å². The molecular formula is C25H23FN6O3. The number of pyridine rings is 1. The standard InChI is InChI=1S/C25H23FN6O3/c1-25(2)34-21-17(10-9-14-6-3-4-7-15(14)26)33-24(22(21)35-25)32-13-31-20-19(29-12-30-23(20)32)18-16(27)8-5-11-28-18/h3-13,17,21-22,24H,27H2,1-2H3/t17-,21-,22-,24-/m1/s1. The number of halogens is 1. The van der Waals surface area contributed by atoms with E-state index in [2.05, 4.69) is 19.9 Å². The second-order valence-corrected chi connectivity index (χ2v) is 8.92. The van der Waals surface area contributed by atoms with Gasteiger partial charge < -0.3 is 19.9 Å². The van der Waals surface area contributed by atoms with E-state index in [4.69, 9.17) is 19.9 Å². The molecule has 2 N–H and O–H groups in total. The summed E-state index contributed by atoms with van der Waals surface area (Å²) in [5, 5.41) is 0. The number of hydrogen-bond acceptors (Lipinski definition) is 8. The molecule has 5 heterocycles. The number of fused-ring (bicyclic) bond motifs is 2. The molecule has 4 atom stereocenters. The van der Waals surface area contributed by atoms with Gasteiger partial charge in [0.15, 0.2) is 17.7 Å². The fraction of sp³-hybridized carbons (Fsp3) is 0.280. The van der Waals surface area contributed by atoms with Crippen LogP contribution in [0.25, 0.3) is 28.6 Å². The summed E-state index contributed by atoms with van der Waals surface area (Å²) in [6, 6.07) is 10.1. The van der Waals surface area contributed by atoms with Crippen molar-refractivity contribution in [1.82, 2.24) is 24.5 Å². The van der Waals surface area contributed by atoms with E-state index >= 15 is 0 Å². The number of nitrogen functional groups attached to an aromatic ring is 1. The smallest absolute Gasteiger partial charge is 0.166 e. The van der Waals surface area contributed by atoms with Crippen molar-refractivity contribution in [2.75, 3.05) is 5.73 Å². The highest BCUT2D eigenvalue weighted by molar-refractivity contribution is 5.89. The minimum atomic E-state index is -0.805. The van der Waals surface area contributed by atoms with Crippen LogP contribution in [0.15, 0.2) is 61.3 Å². The van der Waals surface area contributed by atoms with Crippen molar-refractivity contribution >= 4 is 22.9 Å². The van der Waals surface area contributed by atoms with Crippen molar-refractivity contribution in [3.8, 4) is 11.4 Å². The van der Waals surface area contributed by atoms with Crippen LogP contribution in [0.3, 0.4) is 0 Å². The lowest BCUT2D eigenvalue weighted by atomic mass is 10.1. The van der Waals surface area contributed by atoms with Crippen LogP contribution in [0, 0.1) is 5.82 Å². The Bertz CT molecular complexity index is 1440. The SMILES string of the molecule is CC1(C)O[C@@H]2[C@H](O1)[C@@H](C=Cc1ccccc1F)O[C@H]2n1cnc2c(-c3ncccc3N)ncnc21. The second kappa shape index (κ2) is 8.19. The van der Waals surface area contributed by atoms with Gasteiger partial charge in [0.25, 0.3) is 0 Å². The van der Waals surface area contributed by atoms with Gasteiger partial charge in [0.2, 0.25) is 0 Å². The molecule has 0 saturated carbocycles. The first-order valence-electron chi connectivity index (χ1n) is 11.2. The van der Waals surface area contributed by atoms with Gasteiger partial charge >= 0.3 is 0 Å². The summed E-state index contributed by atoms with van der Waals surface area (Å²) in [6.07, 6.45) is 6.35. The zero-order chi connectivity index (χ0) is 24.2. The first-order valence-corrected chi connectivity index (χ1v) is 11.2. The quantitative estimate of drug-likeness (QED) is 0.476. The monoisotopic (exact) mass is 474 g/mol. The van der Waals surface area contributed by atoms with Crippen molar-refractivity contribution in [3.63, 3.8) is 0 Å². The largest absolute Gasteiger partial charge is 0.397 e. The van der Waals surface area contributed by atoms with E-state index in [0.29, 0.717) is 33.8 Å². The minimum absolute atomic E-state index is 0.308. The molecule has 0 radical (unpaired) electrons. The molecule has 0 aliphatic carbocycles. The number of rotatable bonds is 4. The zero-order valence-electron chi connectivity index (χ0n) is 19.1. The lowest BCUT2D eigenvalue weighted by Crippen LogP contribution is -2.28. The Morgan fingerprint density at radius 3 is 2.66 bits per heavy atom. The van der Waals surface area contributed by atoms with Gasteiger partial charge in [-0.05, 0) is 32.0 Å². The third kappa shape index (κ3) is 3.75. The van der Waals surface area contributed by atoms with Gasteiger partial charge in [-0.25, -0.2) is 19.3 Å². The molecule has 0 unspecified atom stereocenters. The van der Waals surface area contributed by atoms with Gasteiger partial charge in [-0.3, -0.25) is 9.55 Å². The molecule has 2 aliphatic heterocycles. The third-order valence-electron chi connectivity index (χ3n) is 6.13. The average molecular weight is 474 g/mol.